The van der Waals surface area contributed by atoms with E-state index in [1.165, 1.54) is 7.11 Å². The van der Waals surface area contributed by atoms with Crippen molar-refractivity contribution in [2.45, 2.75) is 32.1 Å². The molecule has 2 atom stereocenters. The summed E-state index contributed by atoms with van der Waals surface area (Å²) >= 11 is 0. The molecule has 0 bridgehead atoms. The van der Waals surface area contributed by atoms with Crippen molar-refractivity contribution in [3.05, 3.63) is 29.8 Å². The molecule has 21 heavy (non-hydrogen) atoms. The summed E-state index contributed by atoms with van der Waals surface area (Å²) in [6, 6.07) is 7.49. The van der Waals surface area contributed by atoms with Crippen molar-refractivity contribution in [3.8, 4) is 5.75 Å². The number of hydrogen-bond donors (Lipinski definition) is 0. The normalized spacial score (nSPS) is 21.6. The summed E-state index contributed by atoms with van der Waals surface area (Å²) in [5.74, 6) is 0.192. The maximum Gasteiger partial charge on any atom is 0.309 e. The molecule has 2 unspecified atom stereocenters. The number of Topliss-reactive ketones (excluding diaryl/α,β-unsaturated/α-hetero) is 1. The Morgan fingerprint density at radius 3 is 2.24 bits per heavy atom. The van der Waals surface area contributed by atoms with Gasteiger partial charge in [0.05, 0.1) is 20.1 Å². The molecule has 1 fully saturated rings. The SMILES string of the molecule is COC(=O)C1CCCCC1C(=O)Cc1ccc(OC)cc1. The number of methoxy groups -OCH3 is 2. The Hall–Kier alpha value is -1.84. The molecule has 0 saturated heterocycles. The van der Waals surface area contributed by atoms with Crippen LogP contribution in [0.5, 0.6) is 5.75 Å². The van der Waals surface area contributed by atoms with Crippen molar-refractivity contribution in [1.29, 1.82) is 0 Å². The second kappa shape index (κ2) is 7.25. The highest BCUT2D eigenvalue weighted by Gasteiger charge is 2.35. The zero-order chi connectivity index (χ0) is 15.2. The second-order valence-electron chi connectivity index (χ2n) is 5.51. The fourth-order valence-electron chi connectivity index (χ4n) is 3.03. The Kier molecular flexibility index (Phi) is 5.37. The molecule has 4 nitrogen and oxygen atoms in total. The first-order valence-electron chi connectivity index (χ1n) is 7.39. The standard InChI is InChI=1S/C17H22O4/c1-20-13-9-7-12(8-10-13)11-16(18)14-5-3-4-6-15(14)17(19)21-2/h7-10,14-15H,3-6,11H2,1-2H3. The van der Waals surface area contributed by atoms with Gasteiger partial charge in [0.1, 0.15) is 11.5 Å². The van der Waals surface area contributed by atoms with E-state index in [1.54, 1.807) is 7.11 Å². The third kappa shape index (κ3) is 3.84. The van der Waals surface area contributed by atoms with Gasteiger partial charge in [-0.25, -0.2) is 0 Å². The van der Waals surface area contributed by atoms with Crippen molar-refractivity contribution in [2.75, 3.05) is 14.2 Å². The highest BCUT2D eigenvalue weighted by atomic mass is 16.5. The molecule has 0 aliphatic heterocycles. The highest BCUT2D eigenvalue weighted by molar-refractivity contribution is 5.88. The Labute approximate surface area is 125 Å². The van der Waals surface area contributed by atoms with Crippen LogP contribution in [0.4, 0.5) is 0 Å². The van der Waals surface area contributed by atoms with Gasteiger partial charge in [-0.2, -0.15) is 0 Å². The summed E-state index contributed by atoms with van der Waals surface area (Å²) in [7, 11) is 3.01. The van der Waals surface area contributed by atoms with Gasteiger partial charge < -0.3 is 9.47 Å². The number of ether oxygens (including phenoxy) is 2. The molecule has 114 valence electrons. The van der Waals surface area contributed by atoms with E-state index in [0.717, 1.165) is 37.0 Å². The summed E-state index contributed by atoms with van der Waals surface area (Å²) in [6.07, 6.45) is 3.90. The maximum atomic E-state index is 12.5. The minimum absolute atomic E-state index is 0.135. The molecule has 0 amide bonds. The first-order chi connectivity index (χ1) is 10.2. The van der Waals surface area contributed by atoms with Crippen LogP contribution in [0, 0.1) is 11.8 Å². The quantitative estimate of drug-likeness (QED) is 0.782. The van der Waals surface area contributed by atoms with Crippen LogP contribution in [0.25, 0.3) is 0 Å². The first-order valence-corrected chi connectivity index (χ1v) is 7.39. The molecule has 1 aliphatic carbocycles. The van der Waals surface area contributed by atoms with Crippen LogP contribution in [-0.4, -0.2) is 26.0 Å². The van der Waals surface area contributed by atoms with Crippen molar-refractivity contribution >= 4 is 11.8 Å². The Bertz CT molecular complexity index is 492. The molecular formula is C17H22O4. The summed E-state index contributed by atoms with van der Waals surface area (Å²) < 4.78 is 9.95. The molecule has 0 spiro atoms. The number of hydrogen-bond acceptors (Lipinski definition) is 4. The Morgan fingerprint density at radius 1 is 1.05 bits per heavy atom. The van der Waals surface area contributed by atoms with E-state index in [9.17, 15) is 9.59 Å². The average Bonchev–Trinajstić information content (AvgIpc) is 2.54. The van der Waals surface area contributed by atoms with Gasteiger partial charge in [-0.05, 0) is 30.5 Å². The first kappa shape index (κ1) is 15.5. The van der Waals surface area contributed by atoms with Crippen LogP contribution in [0.15, 0.2) is 24.3 Å². The predicted molar refractivity (Wildman–Crippen MR) is 79.2 cm³/mol. The lowest BCUT2D eigenvalue weighted by Crippen LogP contribution is -2.34. The summed E-state index contributed by atoms with van der Waals surface area (Å²) in [4.78, 5) is 24.3. The number of ketones is 1. The predicted octanol–water partition coefficient (Wildman–Crippen LogP) is 2.79. The number of benzene rings is 1. The molecule has 1 aromatic carbocycles. The number of carbonyl (C=O) groups is 2. The van der Waals surface area contributed by atoms with Crippen molar-refractivity contribution in [1.82, 2.24) is 0 Å². The van der Waals surface area contributed by atoms with E-state index in [2.05, 4.69) is 0 Å². The van der Waals surface area contributed by atoms with Gasteiger partial charge in [-0.15, -0.1) is 0 Å². The third-order valence-corrected chi connectivity index (χ3v) is 4.22. The summed E-state index contributed by atoms with van der Waals surface area (Å²) in [5, 5.41) is 0. The zero-order valence-electron chi connectivity index (χ0n) is 12.6. The lowest BCUT2D eigenvalue weighted by Gasteiger charge is -2.28. The van der Waals surface area contributed by atoms with Crippen molar-refractivity contribution in [3.63, 3.8) is 0 Å². The minimum Gasteiger partial charge on any atom is -0.497 e. The monoisotopic (exact) mass is 290 g/mol. The largest absolute Gasteiger partial charge is 0.497 e. The molecule has 1 aromatic rings. The van der Waals surface area contributed by atoms with Gasteiger partial charge in [-0.1, -0.05) is 25.0 Å². The third-order valence-electron chi connectivity index (χ3n) is 4.22. The molecule has 4 heteroatoms. The van der Waals surface area contributed by atoms with Crippen molar-refractivity contribution < 1.29 is 19.1 Å². The van der Waals surface area contributed by atoms with E-state index in [-0.39, 0.29) is 23.6 Å². The van der Waals surface area contributed by atoms with Gasteiger partial charge in [0.25, 0.3) is 0 Å². The van der Waals surface area contributed by atoms with Crippen LogP contribution in [0.2, 0.25) is 0 Å². The van der Waals surface area contributed by atoms with E-state index in [0.29, 0.717) is 6.42 Å². The summed E-state index contributed by atoms with van der Waals surface area (Å²) in [5.41, 5.74) is 0.954. The van der Waals surface area contributed by atoms with E-state index < -0.39 is 0 Å². The number of rotatable bonds is 5. The molecule has 1 aliphatic rings. The van der Waals surface area contributed by atoms with Gasteiger partial charge in [-0.3, -0.25) is 9.59 Å². The molecule has 0 aromatic heterocycles. The number of esters is 1. The van der Waals surface area contributed by atoms with Gasteiger partial charge in [0.15, 0.2) is 0 Å². The molecule has 0 radical (unpaired) electrons. The fraction of sp³-hybridized carbons (Fsp3) is 0.529. The van der Waals surface area contributed by atoms with Gasteiger partial charge in [0, 0.05) is 12.3 Å². The highest BCUT2D eigenvalue weighted by Crippen LogP contribution is 2.32. The number of carbonyl (C=O) groups excluding carboxylic acids is 2. The van der Waals surface area contributed by atoms with Gasteiger partial charge >= 0.3 is 5.97 Å². The smallest absolute Gasteiger partial charge is 0.309 e. The van der Waals surface area contributed by atoms with Crippen LogP contribution in [0.1, 0.15) is 31.2 Å². The van der Waals surface area contributed by atoms with Crippen LogP contribution in [-0.2, 0) is 20.7 Å². The molecular weight excluding hydrogens is 268 g/mol. The molecule has 1 saturated carbocycles. The lowest BCUT2D eigenvalue weighted by atomic mass is 9.75. The minimum atomic E-state index is -0.269. The second-order valence-corrected chi connectivity index (χ2v) is 5.51. The van der Waals surface area contributed by atoms with E-state index in [1.807, 2.05) is 24.3 Å². The molecule has 2 rings (SSSR count). The topological polar surface area (TPSA) is 52.6 Å². The van der Waals surface area contributed by atoms with Crippen LogP contribution in [0.3, 0.4) is 0 Å². The van der Waals surface area contributed by atoms with Crippen LogP contribution < -0.4 is 4.74 Å². The van der Waals surface area contributed by atoms with E-state index in [4.69, 9.17) is 9.47 Å². The van der Waals surface area contributed by atoms with E-state index >= 15 is 0 Å². The van der Waals surface area contributed by atoms with Gasteiger partial charge in [0.2, 0.25) is 0 Å². The lowest BCUT2D eigenvalue weighted by molar-refractivity contribution is -0.151. The maximum absolute atomic E-state index is 12.5. The Morgan fingerprint density at radius 2 is 1.67 bits per heavy atom. The Balaban J connectivity index is 2.04. The van der Waals surface area contributed by atoms with Crippen molar-refractivity contribution in [2.24, 2.45) is 11.8 Å². The zero-order valence-corrected chi connectivity index (χ0v) is 12.6. The molecule has 0 N–H and O–H groups in total. The molecule has 0 heterocycles. The summed E-state index contributed by atoms with van der Waals surface area (Å²) in [6.45, 7) is 0. The average molecular weight is 290 g/mol. The fourth-order valence-corrected chi connectivity index (χ4v) is 3.03. The van der Waals surface area contributed by atoms with Crippen LogP contribution >= 0.6 is 0 Å².